The molecule has 3 heteroatoms. The third kappa shape index (κ3) is 13.3. The largest absolute Gasteiger partial charge is 0.370 e. The molecule has 0 rings (SSSR count). The molecule has 0 saturated carbocycles. The number of hydrogen-bond acceptors (Lipinski definition) is 1. The Morgan fingerprint density at radius 1 is 0.944 bits per heavy atom. The Morgan fingerprint density at radius 3 is 1.94 bits per heavy atom. The van der Waals surface area contributed by atoms with Crippen molar-refractivity contribution in [3.8, 4) is 0 Å². The van der Waals surface area contributed by atoms with E-state index in [4.69, 9.17) is 5.73 Å². The fourth-order valence-corrected chi connectivity index (χ4v) is 1.70. The molecule has 0 amide bonds. The van der Waals surface area contributed by atoms with Gasteiger partial charge >= 0.3 is 0 Å². The molecule has 0 atom stereocenters. The van der Waals surface area contributed by atoms with E-state index in [1.807, 2.05) is 0 Å². The van der Waals surface area contributed by atoms with Crippen LogP contribution < -0.4 is 11.1 Å². The number of nitrogens with one attached hydrogen (secondary N) is 1. The molecule has 0 bridgehead atoms. The van der Waals surface area contributed by atoms with Gasteiger partial charge in [0.1, 0.15) is 0 Å². The second-order valence-electron chi connectivity index (χ2n) is 7.52. The van der Waals surface area contributed by atoms with Crippen molar-refractivity contribution < 1.29 is 0 Å². The lowest BCUT2D eigenvalue weighted by molar-refractivity contribution is 0.365. The summed E-state index contributed by atoms with van der Waals surface area (Å²) in [7, 11) is 0. The minimum Gasteiger partial charge on any atom is -0.370 e. The molecule has 0 unspecified atom stereocenters. The predicted molar refractivity (Wildman–Crippen MR) is 81.9 cm³/mol. The van der Waals surface area contributed by atoms with Crippen LogP contribution in [0.5, 0.6) is 0 Å². The highest BCUT2D eigenvalue weighted by atomic mass is 15.1. The number of nitrogens with two attached hydrogens (primary N) is 1. The van der Waals surface area contributed by atoms with Crippen LogP contribution in [0, 0.1) is 10.8 Å². The van der Waals surface area contributed by atoms with E-state index in [0.717, 1.165) is 25.9 Å². The molecule has 0 aliphatic carbocycles. The highest BCUT2D eigenvalue weighted by molar-refractivity contribution is 5.77. The molecule has 0 saturated heterocycles. The summed E-state index contributed by atoms with van der Waals surface area (Å²) in [4.78, 5) is 4.34. The van der Waals surface area contributed by atoms with Gasteiger partial charge in [-0.1, -0.05) is 41.5 Å². The Labute approximate surface area is 114 Å². The topological polar surface area (TPSA) is 50.4 Å². The fourth-order valence-electron chi connectivity index (χ4n) is 1.70. The van der Waals surface area contributed by atoms with Crippen LogP contribution in [0.1, 0.15) is 67.2 Å². The molecule has 0 heterocycles. The van der Waals surface area contributed by atoms with Crippen LogP contribution in [0.25, 0.3) is 0 Å². The number of hydrogen-bond donors (Lipinski definition) is 2. The minimum atomic E-state index is 0.393. The first-order valence-electron chi connectivity index (χ1n) is 7.14. The van der Waals surface area contributed by atoms with E-state index in [2.05, 4.69) is 51.9 Å². The van der Waals surface area contributed by atoms with Crippen molar-refractivity contribution in [3.05, 3.63) is 0 Å². The smallest absolute Gasteiger partial charge is 0.188 e. The van der Waals surface area contributed by atoms with Gasteiger partial charge in [0.05, 0.1) is 0 Å². The maximum Gasteiger partial charge on any atom is 0.188 e. The Kier molecular flexibility index (Phi) is 7.34. The molecule has 3 nitrogen and oxygen atoms in total. The Hall–Kier alpha value is -0.730. The zero-order valence-electron chi connectivity index (χ0n) is 13.3. The molecule has 0 fully saturated rings. The second kappa shape index (κ2) is 7.65. The van der Waals surface area contributed by atoms with Crippen molar-refractivity contribution >= 4 is 5.96 Å². The van der Waals surface area contributed by atoms with E-state index in [-0.39, 0.29) is 0 Å². The average molecular weight is 255 g/mol. The lowest BCUT2D eigenvalue weighted by Crippen LogP contribution is -2.33. The number of aliphatic imine (C=N–C) groups is 1. The maximum atomic E-state index is 5.81. The lowest BCUT2D eigenvalue weighted by atomic mass is 9.91. The molecular formula is C15H33N3. The van der Waals surface area contributed by atoms with Crippen molar-refractivity contribution in [2.45, 2.75) is 67.2 Å². The Morgan fingerprint density at radius 2 is 1.44 bits per heavy atom. The molecule has 0 aromatic heterocycles. The quantitative estimate of drug-likeness (QED) is 0.433. The highest BCUT2D eigenvalue weighted by Gasteiger charge is 2.09. The van der Waals surface area contributed by atoms with E-state index in [9.17, 15) is 0 Å². The Balaban J connectivity index is 3.60. The molecule has 0 spiro atoms. The van der Waals surface area contributed by atoms with Gasteiger partial charge < -0.3 is 11.1 Å². The van der Waals surface area contributed by atoms with E-state index >= 15 is 0 Å². The van der Waals surface area contributed by atoms with Gasteiger partial charge in [-0.2, -0.15) is 0 Å². The average Bonchev–Trinajstić information content (AvgIpc) is 2.17. The van der Waals surface area contributed by atoms with Gasteiger partial charge in [-0.05, 0) is 36.5 Å². The molecule has 0 aromatic carbocycles. The SMILES string of the molecule is CC(C)(C)CCCN=C(N)NCCCC(C)(C)C. The summed E-state index contributed by atoms with van der Waals surface area (Å²) >= 11 is 0. The molecule has 108 valence electrons. The predicted octanol–water partition coefficient (Wildman–Crippen LogP) is 3.54. The van der Waals surface area contributed by atoms with Crippen LogP contribution in [0.3, 0.4) is 0 Å². The van der Waals surface area contributed by atoms with Gasteiger partial charge in [-0.25, -0.2) is 0 Å². The van der Waals surface area contributed by atoms with Crippen molar-refractivity contribution in [2.24, 2.45) is 21.6 Å². The highest BCUT2D eigenvalue weighted by Crippen LogP contribution is 2.20. The van der Waals surface area contributed by atoms with Crippen molar-refractivity contribution in [1.29, 1.82) is 0 Å². The van der Waals surface area contributed by atoms with Crippen LogP contribution >= 0.6 is 0 Å². The second-order valence-corrected chi connectivity index (χ2v) is 7.52. The number of rotatable bonds is 6. The molecule has 0 aliphatic heterocycles. The maximum absolute atomic E-state index is 5.81. The van der Waals surface area contributed by atoms with E-state index in [0.29, 0.717) is 16.8 Å². The summed E-state index contributed by atoms with van der Waals surface area (Å²) < 4.78 is 0. The summed E-state index contributed by atoms with van der Waals surface area (Å²) in [5.74, 6) is 0.595. The van der Waals surface area contributed by atoms with Gasteiger partial charge in [-0.3, -0.25) is 4.99 Å². The lowest BCUT2D eigenvalue weighted by Gasteiger charge is -2.18. The molecule has 0 aliphatic rings. The molecule has 0 aromatic rings. The van der Waals surface area contributed by atoms with Crippen LogP contribution in [-0.4, -0.2) is 19.0 Å². The van der Waals surface area contributed by atoms with E-state index in [1.54, 1.807) is 0 Å². The zero-order chi connectivity index (χ0) is 14.2. The van der Waals surface area contributed by atoms with Gasteiger partial charge in [0, 0.05) is 13.1 Å². The van der Waals surface area contributed by atoms with Crippen molar-refractivity contribution in [1.82, 2.24) is 5.32 Å². The van der Waals surface area contributed by atoms with Crippen LogP contribution in [-0.2, 0) is 0 Å². The first kappa shape index (κ1) is 17.3. The summed E-state index contributed by atoms with van der Waals surface area (Å²) in [6.07, 6.45) is 4.64. The van der Waals surface area contributed by atoms with Crippen LogP contribution in [0.15, 0.2) is 4.99 Å². The molecular weight excluding hydrogens is 222 g/mol. The molecule has 0 radical (unpaired) electrons. The van der Waals surface area contributed by atoms with Gasteiger partial charge in [-0.15, -0.1) is 0 Å². The summed E-state index contributed by atoms with van der Waals surface area (Å²) in [6, 6.07) is 0. The van der Waals surface area contributed by atoms with Gasteiger partial charge in [0.25, 0.3) is 0 Å². The first-order valence-corrected chi connectivity index (χ1v) is 7.14. The van der Waals surface area contributed by atoms with Crippen molar-refractivity contribution in [3.63, 3.8) is 0 Å². The third-order valence-corrected chi connectivity index (χ3v) is 2.78. The fraction of sp³-hybridized carbons (Fsp3) is 0.933. The zero-order valence-corrected chi connectivity index (χ0v) is 13.3. The molecule has 3 N–H and O–H groups in total. The standard InChI is InChI=1S/C15H33N3/c1-14(2,3)9-7-11-17-13(16)18-12-8-10-15(4,5)6/h7-12H2,1-6H3,(H3,16,17,18). The molecule has 18 heavy (non-hydrogen) atoms. The summed E-state index contributed by atoms with van der Waals surface area (Å²) in [5, 5.41) is 3.18. The monoisotopic (exact) mass is 255 g/mol. The van der Waals surface area contributed by atoms with Crippen molar-refractivity contribution in [2.75, 3.05) is 13.1 Å². The van der Waals surface area contributed by atoms with Gasteiger partial charge in [0.15, 0.2) is 5.96 Å². The van der Waals surface area contributed by atoms with E-state index < -0.39 is 0 Å². The normalized spacial score (nSPS) is 13.8. The van der Waals surface area contributed by atoms with Gasteiger partial charge in [0.2, 0.25) is 0 Å². The number of nitrogens with zero attached hydrogens (tertiary/aromatic N) is 1. The van der Waals surface area contributed by atoms with Crippen LogP contribution in [0.2, 0.25) is 0 Å². The summed E-state index contributed by atoms with van der Waals surface area (Å²) in [5.41, 5.74) is 6.61. The first-order chi connectivity index (χ1) is 8.10. The Bertz CT molecular complexity index is 243. The van der Waals surface area contributed by atoms with E-state index in [1.165, 1.54) is 12.8 Å². The third-order valence-electron chi connectivity index (χ3n) is 2.78. The summed E-state index contributed by atoms with van der Waals surface area (Å²) in [6.45, 7) is 15.3. The minimum absolute atomic E-state index is 0.393. The number of guanidine groups is 1. The van der Waals surface area contributed by atoms with Crippen LogP contribution in [0.4, 0.5) is 0 Å².